The van der Waals surface area contributed by atoms with E-state index in [2.05, 4.69) is 11.9 Å². The third-order valence-corrected chi connectivity index (χ3v) is 3.82. The highest BCUT2D eigenvalue weighted by atomic mass is 32.2. The van der Waals surface area contributed by atoms with Gasteiger partial charge < -0.3 is 5.32 Å². The fourth-order valence-corrected chi connectivity index (χ4v) is 2.47. The number of halogens is 1. The normalized spacial score (nSPS) is 11.0. The van der Waals surface area contributed by atoms with Gasteiger partial charge in [-0.25, -0.2) is 12.8 Å². The van der Waals surface area contributed by atoms with Crippen molar-refractivity contribution < 1.29 is 17.6 Å². The largest absolute Gasteiger partial charge is 0.355 e. The molecule has 104 valence electrons. The van der Waals surface area contributed by atoms with Crippen LogP contribution in [0.3, 0.4) is 0 Å². The minimum atomic E-state index is -3.41. The van der Waals surface area contributed by atoms with Crippen LogP contribution in [0.5, 0.6) is 0 Å². The van der Waals surface area contributed by atoms with Crippen LogP contribution in [-0.4, -0.2) is 32.4 Å². The lowest BCUT2D eigenvalue weighted by Gasteiger charge is -2.05. The molecule has 0 aromatic heterocycles. The van der Waals surface area contributed by atoms with Gasteiger partial charge in [-0.3, -0.25) is 4.79 Å². The first-order valence-electron chi connectivity index (χ1n) is 5.75. The Morgan fingerprint density at radius 3 is 2.53 bits per heavy atom. The molecule has 0 radical (unpaired) electrons. The van der Waals surface area contributed by atoms with Crippen LogP contribution in [-0.2, 0) is 21.1 Å². The van der Waals surface area contributed by atoms with Crippen LogP contribution in [0.1, 0.15) is 5.56 Å². The van der Waals surface area contributed by atoms with Crippen LogP contribution in [0.2, 0.25) is 0 Å². The fourth-order valence-electron chi connectivity index (χ4n) is 1.49. The molecule has 0 fully saturated rings. The Hall–Kier alpha value is -1.69. The zero-order valence-corrected chi connectivity index (χ0v) is 11.2. The van der Waals surface area contributed by atoms with Crippen molar-refractivity contribution in [2.45, 2.75) is 6.42 Å². The number of hydrogen-bond donors (Lipinski definition) is 1. The summed E-state index contributed by atoms with van der Waals surface area (Å²) in [5, 5.41) is 2.51. The number of benzene rings is 1. The molecule has 0 aliphatic heterocycles. The molecule has 0 spiro atoms. The zero-order chi connectivity index (χ0) is 14.3. The molecule has 0 heterocycles. The highest BCUT2D eigenvalue weighted by Crippen LogP contribution is 2.02. The van der Waals surface area contributed by atoms with Crippen LogP contribution in [0.25, 0.3) is 0 Å². The summed E-state index contributed by atoms with van der Waals surface area (Å²) in [4.78, 5) is 11.4. The number of sulfone groups is 1. The van der Waals surface area contributed by atoms with Gasteiger partial charge >= 0.3 is 0 Å². The maximum Gasteiger partial charge on any atom is 0.235 e. The Labute approximate surface area is 112 Å². The van der Waals surface area contributed by atoms with E-state index in [9.17, 15) is 17.6 Å². The van der Waals surface area contributed by atoms with E-state index in [1.807, 2.05) is 0 Å². The van der Waals surface area contributed by atoms with Gasteiger partial charge in [0.2, 0.25) is 5.91 Å². The fraction of sp³-hybridized carbons (Fsp3) is 0.308. The minimum Gasteiger partial charge on any atom is -0.355 e. The molecule has 1 N–H and O–H groups in total. The van der Waals surface area contributed by atoms with Crippen LogP contribution in [0.4, 0.5) is 4.39 Å². The summed E-state index contributed by atoms with van der Waals surface area (Å²) in [6.45, 7) is 3.63. The lowest BCUT2D eigenvalue weighted by atomic mass is 10.1. The first-order chi connectivity index (χ1) is 8.93. The van der Waals surface area contributed by atoms with Crippen molar-refractivity contribution in [3.8, 4) is 0 Å². The third-order valence-electron chi connectivity index (χ3n) is 2.37. The number of carbonyl (C=O) groups excluding carboxylic acids is 1. The second-order valence-corrected chi connectivity index (χ2v) is 6.18. The Morgan fingerprint density at radius 2 is 1.95 bits per heavy atom. The molecule has 0 unspecified atom stereocenters. The quantitative estimate of drug-likeness (QED) is 0.763. The van der Waals surface area contributed by atoms with Gasteiger partial charge in [0, 0.05) is 6.54 Å². The number of hydrogen-bond acceptors (Lipinski definition) is 3. The van der Waals surface area contributed by atoms with E-state index in [4.69, 9.17) is 0 Å². The molecule has 1 aromatic rings. The molecule has 1 amide bonds. The Morgan fingerprint density at radius 1 is 1.32 bits per heavy atom. The predicted octanol–water partition coefficient (Wildman–Crippen LogP) is 1.09. The molecule has 0 aliphatic carbocycles. The Bertz CT molecular complexity index is 538. The first-order valence-corrected chi connectivity index (χ1v) is 7.57. The van der Waals surface area contributed by atoms with Crippen LogP contribution in [0, 0.1) is 5.82 Å². The highest BCUT2D eigenvalue weighted by Gasteiger charge is 2.14. The van der Waals surface area contributed by atoms with Crippen LogP contribution >= 0.6 is 0 Å². The van der Waals surface area contributed by atoms with Crippen molar-refractivity contribution in [2.75, 3.05) is 18.1 Å². The topological polar surface area (TPSA) is 63.2 Å². The Balaban J connectivity index is 2.35. The van der Waals surface area contributed by atoms with Gasteiger partial charge in [0.1, 0.15) is 11.6 Å². The third kappa shape index (κ3) is 6.15. The molecule has 0 saturated heterocycles. The van der Waals surface area contributed by atoms with Gasteiger partial charge in [-0.1, -0.05) is 18.2 Å². The average Bonchev–Trinajstić information content (AvgIpc) is 2.30. The van der Waals surface area contributed by atoms with Gasteiger partial charge in [-0.2, -0.15) is 0 Å². The van der Waals surface area contributed by atoms with Gasteiger partial charge in [0.05, 0.1) is 5.75 Å². The van der Waals surface area contributed by atoms with E-state index in [0.29, 0.717) is 13.0 Å². The molecular formula is C13H16FNO3S. The molecule has 0 bridgehead atoms. The standard InChI is InChI=1S/C13H16FNO3S/c1-2-9-19(17,18)10-13(16)15-8-7-11-3-5-12(14)6-4-11/h2-6H,1,7-10H2,(H,15,16). The summed E-state index contributed by atoms with van der Waals surface area (Å²) >= 11 is 0. The van der Waals surface area contributed by atoms with Crippen LogP contribution in [0.15, 0.2) is 36.9 Å². The first kappa shape index (κ1) is 15.4. The van der Waals surface area contributed by atoms with E-state index in [0.717, 1.165) is 5.56 Å². The van der Waals surface area contributed by atoms with Gasteiger partial charge in [-0.05, 0) is 24.1 Å². The molecule has 0 aliphatic rings. The second kappa shape index (κ2) is 7.04. The molecule has 1 aromatic carbocycles. The van der Waals surface area contributed by atoms with Crippen molar-refractivity contribution in [3.63, 3.8) is 0 Å². The van der Waals surface area contributed by atoms with Crippen molar-refractivity contribution in [2.24, 2.45) is 0 Å². The van der Waals surface area contributed by atoms with Crippen LogP contribution < -0.4 is 5.32 Å². The maximum atomic E-state index is 12.7. The van der Waals surface area contributed by atoms with Gasteiger partial charge in [-0.15, -0.1) is 6.58 Å². The summed E-state index contributed by atoms with van der Waals surface area (Å²) in [7, 11) is -3.41. The lowest BCUT2D eigenvalue weighted by Crippen LogP contribution is -2.32. The lowest BCUT2D eigenvalue weighted by molar-refractivity contribution is -0.118. The maximum absolute atomic E-state index is 12.7. The van der Waals surface area contributed by atoms with Crippen molar-refractivity contribution in [3.05, 3.63) is 48.3 Å². The van der Waals surface area contributed by atoms with E-state index >= 15 is 0 Å². The summed E-state index contributed by atoms with van der Waals surface area (Å²) in [6, 6.07) is 5.92. The zero-order valence-electron chi connectivity index (χ0n) is 10.4. The number of amides is 1. The van der Waals surface area contributed by atoms with Gasteiger partial charge in [0.15, 0.2) is 9.84 Å². The highest BCUT2D eigenvalue weighted by molar-refractivity contribution is 7.92. The van der Waals surface area contributed by atoms with E-state index in [1.165, 1.54) is 18.2 Å². The summed E-state index contributed by atoms with van der Waals surface area (Å²) in [6.07, 6.45) is 1.77. The van der Waals surface area contributed by atoms with Crippen molar-refractivity contribution in [1.29, 1.82) is 0 Å². The number of nitrogens with one attached hydrogen (secondary N) is 1. The predicted molar refractivity (Wildman–Crippen MR) is 72.0 cm³/mol. The smallest absolute Gasteiger partial charge is 0.235 e. The molecule has 0 saturated carbocycles. The summed E-state index contributed by atoms with van der Waals surface area (Å²) in [5.41, 5.74) is 0.871. The number of rotatable bonds is 7. The van der Waals surface area contributed by atoms with E-state index < -0.39 is 21.5 Å². The van der Waals surface area contributed by atoms with Gasteiger partial charge in [0.25, 0.3) is 0 Å². The molecular weight excluding hydrogens is 269 g/mol. The van der Waals surface area contributed by atoms with Crippen molar-refractivity contribution in [1.82, 2.24) is 5.32 Å². The average molecular weight is 285 g/mol. The summed E-state index contributed by atoms with van der Waals surface area (Å²) in [5.74, 6) is -1.60. The molecule has 0 atom stereocenters. The number of carbonyl (C=O) groups is 1. The monoisotopic (exact) mass is 285 g/mol. The summed E-state index contributed by atoms with van der Waals surface area (Å²) < 4.78 is 35.3. The van der Waals surface area contributed by atoms with Crippen molar-refractivity contribution >= 4 is 15.7 Å². The SMILES string of the molecule is C=CCS(=O)(=O)CC(=O)NCCc1ccc(F)cc1. The van der Waals surface area contributed by atoms with E-state index in [-0.39, 0.29) is 11.6 Å². The second-order valence-electron chi connectivity index (χ2n) is 4.07. The minimum absolute atomic E-state index is 0.210. The van der Waals surface area contributed by atoms with E-state index in [1.54, 1.807) is 12.1 Å². The molecule has 19 heavy (non-hydrogen) atoms. The molecule has 1 rings (SSSR count). The molecule has 4 nitrogen and oxygen atoms in total. The Kier molecular flexibility index (Phi) is 5.69. The molecule has 6 heteroatoms.